The minimum absolute atomic E-state index is 0.0735. The number of thioether (sulfide) groups is 1. The SMILES string of the molecule is C[C@H]1CC(=O)Nc2cc(S(=O)(=O)Nc3ccc4c(c3)OCO4)ccc2S1. The smallest absolute Gasteiger partial charge is 0.261 e. The van der Waals surface area contributed by atoms with Gasteiger partial charge in [0, 0.05) is 22.6 Å². The van der Waals surface area contributed by atoms with E-state index in [2.05, 4.69) is 10.0 Å². The third-order valence-electron chi connectivity index (χ3n) is 3.96. The summed E-state index contributed by atoms with van der Waals surface area (Å²) < 4.78 is 38.4. The fourth-order valence-corrected chi connectivity index (χ4v) is 4.90. The van der Waals surface area contributed by atoms with Crippen LogP contribution in [0.3, 0.4) is 0 Å². The van der Waals surface area contributed by atoms with Gasteiger partial charge < -0.3 is 14.8 Å². The summed E-state index contributed by atoms with van der Waals surface area (Å²) in [6, 6.07) is 9.56. The summed E-state index contributed by atoms with van der Waals surface area (Å²) in [6.07, 6.45) is 0.386. The van der Waals surface area contributed by atoms with Gasteiger partial charge in [0.15, 0.2) is 11.5 Å². The van der Waals surface area contributed by atoms with Crippen molar-refractivity contribution >= 4 is 39.1 Å². The normalized spacial score (nSPS) is 18.7. The van der Waals surface area contributed by atoms with Gasteiger partial charge in [-0.25, -0.2) is 8.42 Å². The summed E-state index contributed by atoms with van der Waals surface area (Å²) in [5.74, 6) is 0.943. The van der Waals surface area contributed by atoms with E-state index in [0.717, 1.165) is 4.90 Å². The number of rotatable bonds is 3. The summed E-state index contributed by atoms with van der Waals surface area (Å²) in [5, 5.41) is 2.90. The van der Waals surface area contributed by atoms with Crippen LogP contribution in [0.1, 0.15) is 13.3 Å². The first-order valence-corrected chi connectivity index (χ1v) is 10.3. The fourth-order valence-electron chi connectivity index (χ4n) is 2.77. The number of sulfonamides is 1. The summed E-state index contributed by atoms with van der Waals surface area (Å²) in [5.41, 5.74) is 0.883. The highest BCUT2D eigenvalue weighted by molar-refractivity contribution is 8.00. The van der Waals surface area contributed by atoms with E-state index in [9.17, 15) is 13.2 Å². The molecule has 2 heterocycles. The van der Waals surface area contributed by atoms with Gasteiger partial charge in [-0.05, 0) is 30.3 Å². The quantitative estimate of drug-likeness (QED) is 0.834. The Morgan fingerprint density at radius 1 is 1.15 bits per heavy atom. The predicted molar refractivity (Wildman–Crippen MR) is 98.4 cm³/mol. The van der Waals surface area contributed by atoms with Crippen molar-refractivity contribution in [3.63, 3.8) is 0 Å². The Hall–Kier alpha value is -2.39. The zero-order valence-corrected chi connectivity index (χ0v) is 15.4. The number of benzene rings is 2. The van der Waals surface area contributed by atoms with Gasteiger partial charge in [0.05, 0.1) is 16.3 Å². The van der Waals surface area contributed by atoms with Crippen LogP contribution in [0.5, 0.6) is 11.5 Å². The maximum absolute atomic E-state index is 12.7. The minimum Gasteiger partial charge on any atom is -0.454 e. The van der Waals surface area contributed by atoms with Gasteiger partial charge in [0.25, 0.3) is 10.0 Å². The van der Waals surface area contributed by atoms with Gasteiger partial charge in [-0.2, -0.15) is 0 Å². The third kappa shape index (κ3) is 3.32. The molecule has 2 N–H and O–H groups in total. The molecule has 4 rings (SSSR count). The fraction of sp³-hybridized carbons (Fsp3) is 0.235. The lowest BCUT2D eigenvalue weighted by atomic mass is 10.3. The molecule has 2 aromatic carbocycles. The van der Waals surface area contributed by atoms with Gasteiger partial charge in [-0.3, -0.25) is 9.52 Å². The van der Waals surface area contributed by atoms with Crippen molar-refractivity contribution in [3.8, 4) is 11.5 Å². The molecule has 0 radical (unpaired) electrons. The van der Waals surface area contributed by atoms with E-state index in [0.29, 0.717) is 29.3 Å². The molecule has 0 fully saturated rings. The number of ether oxygens (including phenoxy) is 2. The first-order valence-electron chi connectivity index (χ1n) is 7.94. The first-order chi connectivity index (χ1) is 12.4. The van der Waals surface area contributed by atoms with Crippen molar-refractivity contribution in [1.29, 1.82) is 0 Å². The Morgan fingerprint density at radius 3 is 2.81 bits per heavy atom. The lowest BCUT2D eigenvalue weighted by Gasteiger charge is -2.12. The minimum atomic E-state index is -3.81. The second-order valence-electron chi connectivity index (χ2n) is 6.01. The number of hydrogen-bond acceptors (Lipinski definition) is 6. The van der Waals surface area contributed by atoms with E-state index < -0.39 is 10.0 Å². The van der Waals surface area contributed by atoms with Crippen molar-refractivity contribution in [2.75, 3.05) is 16.8 Å². The van der Waals surface area contributed by atoms with Crippen LogP contribution in [0.25, 0.3) is 0 Å². The molecule has 1 atom stereocenters. The molecule has 0 aromatic heterocycles. The highest BCUT2D eigenvalue weighted by Crippen LogP contribution is 2.37. The lowest BCUT2D eigenvalue weighted by molar-refractivity contribution is -0.116. The third-order valence-corrected chi connectivity index (χ3v) is 6.52. The Morgan fingerprint density at radius 2 is 1.96 bits per heavy atom. The zero-order chi connectivity index (χ0) is 18.3. The summed E-state index contributed by atoms with van der Waals surface area (Å²) in [7, 11) is -3.81. The second-order valence-corrected chi connectivity index (χ2v) is 9.17. The van der Waals surface area contributed by atoms with Crippen LogP contribution >= 0.6 is 11.8 Å². The summed E-state index contributed by atoms with van der Waals surface area (Å²) in [4.78, 5) is 12.8. The van der Waals surface area contributed by atoms with E-state index in [1.165, 1.54) is 12.1 Å². The number of nitrogens with one attached hydrogen (secondary N) is 2. The van der Waals surface area contributed by atoms with Crippen molar-refractivity contribution in [2.24, 2.45) is 0 Å². The molecule has 2 aliphatic rings. The Kier molecular flexibility index (Phi) is 4.20. The molecule has 0 bridgehead atoms. The maximum atomic E-state index is 12.7. The van der Waals surface area contributed by atoms with E-state index in [4.69, 9.17) is 9.47 Å². The Labute approximate surface area is 155 Å². The van der Waals surface area contributed by atoms with Gasteiger partial charge in [-0.15, -0.1) is 11.8 Å². The number of carbonyl (C=O) groups is 1. The van der Waals surface area contributed by atoms with E-state index >= 15 is 0 Å². The molecular formula is C17H16N2O5S2. The lowest BCUT2D eigenvalue weighted by Crippen LogP contribution is -2.15. The monoisotopic (exact) mass is 392 g/mol. The molecule has 0 aliphatic carbocycles. The molecule has 1 amide bonds. The van der Waals surface area contributed by atoms with Gasteiger partial charge in [0.1, 0.15) is 0 Å². The number of anilines is 2. The summed E-state index contributed by atoms with van der Waals surface area (Å²) in [6.45, 7) is 2.08. The molecule has 136 valence electrons. The number of hydrogen-bond donors (Lipinski definition) is 2. The highest BCUT2D eigenvalue weighted by atomic mass is 32.2. The maximum Gasteiger partial charge on any atom is 0.261 e. The van der Waals surface area contributed by atoms with Crippen LogP contribution in [0.2, 0.25) is 0 Å². The number of carbonyl (C=O) groups excluding carboxylic acids is 1. The molecular weight excluding hydrogens is 376 g/mol. The average Bonchev–Trinajstić information content (AvgIpc) is 2.97. The van der Waals surface area contributed by atoms with Gasteiger partial charge in [-0.1, -0.05) is 6.92 Å². The molecule has 2 aliphatic heterocycles. The van der Waals surface area contributed by atoms with Crippen LogP contribution in [-0.4, -0.2) is 26.4 Å². The summed E-state index contributed by atoms with van der Waals surface area (Å²) >= 11 is 1.54. The van der Waals surface area contributed by atoms with Crippen LogP contribution in [0, 0.1) is 0 Å². The van der Waals surface area contributed by atoms with Crippen LogP contribution in [-0.2, 0) is 14.8 Å². The first kappa shape index (κ1) is 17.0. The number of fused-ring (bicyclic) bond motifs is 2. The molecule has 2 aromatic rings. The molecule has 0 unspecified atom stereocenters. The molecule has 26 heavy (non-hydrogen) atoms. The largest absolute Gasteiger partial charge is 0.454 e. The molecule has 7 nitrogen and oxygen atoms in total. The van der Waals surface area contributed by atoms with Crippen LogP contribution in [0.4, 0.5) is 11.4 Å². The molecule has 0 saturated carbocycles. The van der Waals surface area contributed by atoms with Crippen molar-refractivity contribution in [2.45, 2.75) is 28.4 Å². The van der Waals surface area contributed by atoms with Crippen LogP contribution in [0.15, 0.2) is 46.2 Å². The van der Waals surface area contributed by atoms with E-state index in [1.54, 1.807) is 36.0 Å². The Bertz CT molecular complexity index is 991. The highest BCUT2D eigenvalue weighted by Gasteiger charge is 2.23. The topological polar surface area (TPSA) is 93.7 Å². The van der Waals surface area contributed by atoms with Crippen molar-refractivity contribution in [1.82, 2.24) is 0 Å². The van der Waals surface area contributed by atoms with E-state index in [1.807, 2.05) is 6.92 Å². The van der Waals surface area contributed by atoms with Crippen molar-refractivity contribution < 1.29 is 22.7 Å². The Balaban J connectivity index is 1.63. The van der Waals surface area contributed by atoms with E-state index in [-0.39, 0.29) is 22.8 Å². The van der Waals surface area contributed by atoms with Crippen LogP contribution < -0.4 is 19.5 Å². The van der Waals surface area contributed by atoms with Crippen molar-refractivity contribution in [3.05, 3.63) is 36.4 Å². The standard InChI is InChI=1S/C17H16N2O5S2/c1-10-6-17(20)18-13-8-12(3-5-16(13)25-10)26(21,22)19-11-2-4-14-15(7-11)24-9-23-14/h2-5,7-8,10,19H,6,9H2,1H3,(H,18,20)/t10-/m0/s1. The molecule has 0 saturated heterocycles. The number of amides is 1. The predicted octanol–water partition coefficient (Wildman–Crippen LogP) is 3.04. The molecule has 0 spiro atoms. The average molecular weight is 392 g/mol. The van der Waals surface area contributed by atoms with Gasteiger partial charge in [0.2, 0.25) is 12.7 Å². The second kappa shape index (κ2) is 6.40. The molecule has 9 heteroatoms. The van der Waals surface area contributed by atoms with Gasteiger partial charge >= 0.3 is 0 Å². The zero-order valence-electron chi connectivity index (χ0n) is 13.8.